The quantitative estimate of drug-likeness (QED) is 0.453. The number of cyclic esters (lactones) is 1. The number of carbonyl (C=O) groups is 1. The molecule has 0 radical (unpaired) electrons. The van der Waals surface area contributed by atoms with Crippen LogP contribution in [0.3, 0.4) is 0 Å². The molecule has 2 aromatic rings. The molecule has 7 unspecified atom stereocenters. The van der Waals surface area contributed by atoms with Crippen LogP contribution in [0.2, 0.25) is 0 Å². The lowest BCUT2D eigenvalue weighted by Gasteiger charge is -2.47. The van der Waals surface area contributed by atoms with E-state index in [9.17, 15) is 15.0 Å². The predicted octanol–water partition coefficient (Wildman–Crippen LogP) is 1.78. The Kier molecular flexibility index (Phi) is 7.46. The third-order valence-corrected chi connectivity index (χ3v) is 9.02. The van der Waals surface area contributed by atoms with Crippen LogP contribution in [0.25, 0.3) is 0 Å². The topological polar surface area (TPSA) is 150 Å². The summed E-state index contributed by atoms with van der Waals surface area (Å²) in [4.78, 5) is 13.5. The molecule has 0 saturated carbocycles. The average Bonchev–Trinajstić information content (AvgIpc) is 3.65. The van der Waals surface area contributed by atoms with Gasteiger partial charge in [-0.3, -0.25) is 4.79 Å². The summed E-state index contributed by atoms with van der Waals surface area (Å²) >= 11 is 0. The van der Waals surface area contributed by atoms with Crippen LogP contribution in [-0.2, 0) is 28.5 Å². The smallest absolute Gasteiger partial charge is 0.310 e. The summed E-state index contributed by atoms with van der Waals surface area (Å²) in [6.45, 7) is 1.73. The number of hydrogen-bond acceptors (Lipinski definition) is 13. The molecule has 4 heterocycles. The minimum atomic E-state index is -1.49. The van der Waals surface area contributed by atoms with E-state index in [2.05, 4.69) is 0 Å². The Labute approximate surface area is 251 Å². The number of fused-ring (bicyclic) bond motifs is 4. The first-order chi connectivity index (χ1) is 21.2. The molecule has 0 amide bonds. The molecule has 10 atom stereocenters. The molecule has 2 N–H and O–H groups in total. The number of rotatable bonds is 6. The monoisotopic (exact) mass is 619 g/mol. The van der Waals surface area contributed by atoms with Crippen molar-refractivity contribution in [1.82, 2.24) is 0 Å². The second-order valence-electron chi connectivity index (χ2n) is 11.3. The highest BCUT2D eigenvalue weighted by Gasteiger charge is 2.56. The molecular weight excluding hydrogens is 586 g/mol. The number of carbonyl (C=O) groups excluding carboxylic acids is 1. The van der Waals surface area contributed by atoms with Gasteiger partial charge in [-0.15, -0.1) is 0 Å². The highest BCUT2D eigenvalue weighted by atomic mass is 18.2. The van der Waals surface area contributed by atoms with E-state index in [4.69, 9.17) is 47.4 Å². The molecule has 7 rings (SSSR count). The summed E-state index contributed by atoms with van der Waals surface area (Å²) in [5, 5.41) is 22.0. The Morgan fingerprint density at radius 2 is 1.59 bits per heavy atom. The highest BCUT2D eigenvalue weighted by molar-refractivity contribution is 5.79. The van der Waals surface area contributed by atoms with Crippen molar-refractivity contribution < 1.29 is 66.8 Å². The molecule has 0 spiro atoms. The summed E-state index contributed by atoms with van der Waals surface area (Å²) in [6.07, 6.45) is -7.15. The van der Waals surface area contributed by atoms with Gasteiger partial charge in [0.1, 0.15) is 24.4 Å². The van der Waals surface area contributed by atoms with Crippen molar-refractivity contribution in [1.29, 1.82) is 0 Å². The molecule has 0 bridgehead atoms. The van der Waals surface area contributed by atoms with Crippen molar-refractivity contribution >= 4 is 5.97 Å². The van der Waals surface area contributed by atoms with Gasteiger partial charge in [0.2, 0.25) is 18.3 Å². The normalized spacial score (nSPS) is 35.3. The molecule has 13 nitrogen and oxygen atoms in total. The number of halogens is 1. The van der Waals surface area contributed by atoms with E-state index in [1.807, 2.05) is 0 Å². The third kappa shape index (κ3) is 4.46. The van der Waals surface area contributed by atoms with Gasteiger partial charge >= 0.3 is 5.97 Å². The van der Waals surface area contributed by atoms with Gasteiger partial charge in [-0.1, -0.05) is 0 Å². The van der Waals surface area contributed by atoms with Crippen LogP contribution in [-0.4, -0.2) is 94.5 Å². The lowest BCUT2D eigenvalue weighted by Crippen LogP contribution is -2.63. The number of hydrogen-bond donors (Lipinski definition) is 2. The fourth-order valence-corrected chi connectivity index (χ4v) is 6.98. The van der Waals surface area contributed by atoms with Crippen molar-refractivity contribution in [2.24, 2.45) is 11.8 Å². The minimum Gasteiger partial charge on any atom is -0.493 e. The number of aliphatic hydroxyl groups is 2. The maximum absolute atomic E-state index is 16.3. The lowest BCUT2D eigenvalue weighted by molar-refractivity contribution is -0.364. The zero-order valence-electron chi connectivity index (χ0n) is 24.4. The van der Waals surface area contributed by atoms with Crippen LogP contribution in [0.4, 0.5) is 4.39 Å². The van der Waals surface area contributed by atoms with Gasteiger partial charge in [0.05, 0.1) is 46.6 Å². The lowest BCUT2D eigenvalue weighted by atomic mass is 9.66. The zero-order valence-corrected chi connectivity index (χ0v) is 24.4. The maximum Gasteiger partial charge on any atom is 0.310 e. The molecule has 1 aliphatic carbocycles. The number of benzene rings is 2. The van der Waals surface area contributed by atoms with Gasteiger partial charge in [0.25, 0.3) is 0 Å². The molecule has 0 aromatic heterocycles. The number of methoxy groups -OCH3 is 3. The van der Waals surface area contributed by atoms with Crippen LogP contribution in [0.15, 0.2) is 18.2 Å². The summed E-state index contributed by atoms with van der Waals surface area (Å²) < 4.78 is 73.2. The van der Waals surface area contributed by atoms with E-state index in [1.54, 1.807) is 19.1 Å². The summed E-state index contributed by atoms with van der Waals surface area (Å²) in [7, 11) is 4.10. The highest BCUT2D eigenvalue weighted by Crippen LogP contribution is 2.57. The van der Waals surface area contributed by atoms with E-state index in [0.29, 0.717) is 22.6 Å². The minimum absolute atomic E-state index is 0.0278. The van der Waals surface area contributed by atoms with Gasteiger partial charge in [-0.2, -0.15) is 0 Å². The number of ether oxygens (including phenoxy) is 10. The van der Waals surface area contributed by atoms with Crippen LogP contribution in [0.1, 0.15) is 35.6 Å². The Bertz CT molecular complexity index is 1450. The van der Waals surface area contributed by atoms with E-state index < -0.39 is 72.6 Å². The summed E-state index contributed by atoms with van der Waals surface area (Å²) in [6, 6.07) is 4.89. The van der Waals surface area contributed by atoms with Crippen LogP contribution in [0.5, 0.6) is 28.7 Å². The molecular formula is C30H33FO13. The van der Waals surface area contributed by atoms with Crippen molar-refractivity contribution in [3.8, 4) is 28.7 Å². The van der Waals surface area contributed by atoms with Crippen molar-refractivity contribution in [2.45, 2.75) is 55.9 Å². The van der Waals surface area contributed by atoms with Gasteiger partial charge in [0.15, 0.2) is 35.6 Å². The van der Waals surface area contributed by atoms with Crippen LogP contribution >= 0.6 is 0 Å². The molecule has 238 valence electrons. The third-order valence-electron chi connectivity index (χ3n) is 9.02. The first-order valence-electron chi connectivity index (χ1n) is 14.3. The Morgan fingerprint density at radius 1 is 0.864 bits per heavy atom. The Morgan fingerprint density at radius 3 is 2.30 bits per heavy atom. The molecule has 5 aliphatic rings. The standard InChI is InChI=1S/C30H33FO13/c1-11-38-9-19-26(42-11)23(32)24(33)30(43-19)44-25-13-6-17-16(40-10-41-17)5-12(13)20(21-15(25)8-39-29(21)34)14-7-18(35-2)27(36-3)28(37-4)22(14)31/h5-7,11,15,19-21,23-26,30,32-33H,8-10H2,1-4H3/t11?,15-,19?,20?,21-,23?,24?,25+,26?,30?/m0/s1/i31-1. The van der Waals surface area contributed by atoms with Gasteiger partial charge in [0, 0.05) is 17.4 Å². The van der Waals surface area contributed by atoms with Crippen molar-refractivity contribution in [2.75, 3.05) is 41.3 Å². The van der Waals surface area contributed by atoms with Crippen LogP contribution in [0, 0.1) is 17.7 Å². The molecule has 3 saturated heterocycles. The number of esters is 1. The summed E-state index contributed by atoms with van der Waals surface area (Å²) in [5.41, 5.74) is 1.17. The Balaban J connectivity index is 1.34. The SMILES string of the molecule is COc1cc(C2c3cc4c(cc3[C@@H](OC3OC5COC(C)OC5C(O)C3O)[C@H]3COC(=O)[C@H]23)OCO4)c([18F])c(OC)c1OC. The van der Waals surface area contributed by atoms with Gasteiger partial charge in [-0.05, 0) is 36.2 Å². The van der Waals surface area contributed by atoms with E-state index in [-0.39, 0.29) is 42.8 Å². The second-order valence-corrected chi connectivity index (χ2v) is 11.3. The Hall–Kier alpha value is -3.40. The molecule has 4 aliphatic heterocycles. The zero-order chi connectivity index (χ0) is 30.9. The molecule has 2 aromatic carbocycles. The van der Waals surface area contributed by atoms with Crippen LogP contribution < -0.4 is 23.7 Å². The molecule has 3 fully saturated rings. The summed E-state index contributed by atoms with van der Waals surface area (Å²) in [5.74, 6) is -2.83. The molecule has 44 heavy (non-hydrogen) atoms. The largest absolute Gasteiger partial charge is 0.493 e. The van der Waals surface area contributed by atoms with Gasteiger partial charge in [-0.25, -0.2) is 4.39 Å². The second kappa shape index (κ2) is 11.2. The van der Waals surface area contributed by atoms with E-state index >= 15 is 4.39 Å². The first kappa shape index (κ1) is 29.3. The number of aliphatic hydroxyl groups excluding tert-OH is 2. The predicted molar refractivity (Wildman–Crippen MR) is 143 cm³/mol. The molecule has 14 heteroatoms. The fourth-order valence-electron chi connectivity index (χ4n) is 6.98. The average molecular weight is 620 g/mol. The van der Waals surface area contributed by atoms with E-state index in [1.165, 1.54) is 27.4 Å². The van der Waals surface area contributed by atoms with Crippen molar-refractivity contribution in [3.63, 3.8) is 0 Å². The maximum atomic E-state index is 16.3. The first-order valence-corrected chi connectivity index (χ1v) is 14.3. The van der Waals surface area contributed by atoms with E-state index in [0.717, 1.165) is 0 Å². The fraction of sp³-hybridized carbons (Fsp3) is 0.567. The van der Waals surface area contributed by atoms with Crippen molar-refractivity contribution in [3.05, 3.63) is 40.7 Å². The van der Waals surface area contributed by atoms with Gasteiger partial charge < -0.3 is 57.6 Å².